The number of carbonyl (C=O) groups is 1. The highest BCUT2D eigenvalue weighted by Crippen LogP contribution is 2.26. The predicted octanol–water partition coefficient (Wildman–Crippen LogP) is 2.81. The van der Waals surface area contributed by atoms with Gasteiger partial charge in [0.15, 0.2) is 0 Å². The summed E-state index contributed by atoms with van der Waals surface area (Å²) in [5.74, 6) is 5.89. The highest BCUT2D eigenvalue weighted by molar-refractivity contribution is 6.09. The van der Waals surface area contributed by atoms with Crippen molar-refractivity contribution in [2.45, 2.75) is 6.92 Å². The summed E-state index contributed by atoms with van der Waals surface area (Å²) in [5, 5.41) is 1.97. The van der Waals surface area contributed by atoms with Crippen molar-refractivity contribution in [3.05, 3.63) is 41.7 Å². The van der Waals surface area contributed by atoms with Gasteiger partial charge in [-0.05, 0) is 45.3 Å². The number of fused-ring (bicyclic) bond motifs is 3. The Labute approximate surface area is 140 Å². The molecule has 0 atom stereocenters. The lowest BCUT2D eigenvalue weighted by Gasteiger charge is -2.01. The number of pyridine rings is 1. The fraction of sp³-hybridized carbons (Fsp3) is 0.263. The molecule has 0 aliphatic carbocycles. The molecule has 5 heteroatoms. The minimum Gasteiger partial charge on any atom is -0.461 e. The van der Waals surface area contributed by atoms with E-state index in [0.717, 1.165) is 27.4 Å². The summed E-state index contributed by atoms with van der Waals surface area (Å²) >= 11 is 0. The minimum atomic E-state index is -0.407. The summed E-state index contributed by atoms with van der Waals surface area (Å²) in [7, 11) is 3.98. The number of hydrogen-bond donors (Lipinski definition) is 1. The Morgan fingerprint density at radius 1 is 1.25 bits per heavy atom. The fourth-order valence-corrected chi connectivity index (χ4v) is 2.49. The number of aromatic nitrogens is 2. The average Bonchev–Trinajstić information content (AvgIpc) is 2.92. The van der Waals surface area contributed by atoms with Crippen molar-refractivity contribution >= 4 is 27.8 Å². The molecule has 0 saturated heterocycles. The van der Waals surface area contributed by atoms with E-state index in [4.69, 9.17) is 4.74 Å². The number of nitrogens with one attached hydrogen (secondary N) is 1. The van der Waals surface area contributed by atoms with Gasteiger partial charge in [0.05, 0.1) is 24.9 Å². The van der Waals surface area contributed by atoms with Crippen molar-refractivity contribution in [2.75, 3.05) is 27.2 Å². The zero-order valence-corrected chi connectivity index (χ0v) is 14.0. The van der Waals surface area contributed by atoms with Gasteiger partial charge in [-0.2, -0.15) is 0 Å². The molecule has 0 spiro atoms. The van der Waals surface area contributed by atoms with Gasteiger partial charge < -0.3 is 9.72 Å². The normalized spacial score (nSPS) is 10.8. The fourth-order valence-electron chi connectivity index (χ4n) is 2.49. The van der Waals surface area contributed by atoms with Crippen LogP contribution in [0.1, 0.15) is 23.0 Å². The number of rotatable bonds is 3. The molecule has 0 radical (unpaired) electrons. The Morgan fingerprint density at radius 3 is 2.79 bits per heavy atom. The topological polar surface area (TPSA) is 58.2 Å². The molecule has 0 fully saturated rings. The quantitative estimate of drug-likeness (QED) is 0.595. The van der Waals surface area contributed by atoms with Gasteiger partial charge in [-0.1, -0.05) is 11.8 Å². The van der Waals surface area contributed by atoms with E-state index in [1.54, 1.807) is 19.2 Å². The van der Waals surface area contributed by atoms with Crippen LogP contribution in [0.2, 0.25) is 0 Å². The maximum atomic E-state index is 11.9. The van der Waals surface area contributed by atoms with Gasteiger partial charge in [-0.3, -0.25) is 4.90 Å². The second-order valence-electron chi connectivity index (χ2n) is 5.76. The van der Waals surface area contributed by atoms with Gasteiger partial charge in [-0.15, -0.1) is 0 Å². The zero-order valence-electron chi connectivity index (χ0n) is 14.0. The number of aromatic amines is 1. The maximum Gasteiger partial charge on any atom is 0.356 e. The summed E-state index contributed by atoms with van der Waals surface area (Å²) < 4.78 is 5.03. The van der Waals surface area contributed by atoms with Gasteiger partial charge >= 0.3 is 5.97 Å². The first-order valence-corrected chi connectivity index (χ1v) is 7.80. The van der Waals surface area contributed by atoms with E-state index in [1.165, 1.54) is 0 Å². The van der Waals surface area contributed by atoms with E-state index in [2.05, 4.69) is 21.8 Å². The third-order valence-electron chi connectivity index (χ3n) is 3.60. The molecule has 122 valence electrons. The number of H-pyrrole nitrogens is 1. The average molecular weight is 321 g/mol. The number of ether oxygens (including phenoxy) is 1. The molecule has 0 unspecified atom stereocenters. The van der Waals surface area contributed by atoms with Gasteiger partial charge in [0.1, 0.15) is 5.69 Å². The summed E-state index contributed by atoms with van der Waals surface area (Å²) in [6, 6.07) is 7.79. The molecule has 24 heavy (non-hydrogen) atoms. The highest BCUT2D eigenvalue weighted by atomic mass is 16.5. The van der Waals surface area contributed by atoms with E-state index < -0.39 is 5.97 Å². The Hall–Kier alpha value is -2.84. The Morgan fingerprint density at radius 2 is 2.04 bits per heavy atom. The molecule has 2 heterocycles. The van der Waals surface area contributed by atoms with E-state index in [1.807, 2.05) is 37.2 Å². The second kappa shape index (κ2) is 6.73. The first-order valence-electron chi connectivity index (χ1n) is 7.80. The molecule has 2 aromatic heterocycles. The van der Waals surface area contributed by atoms with Gasteiger partial charge in [0, 0.05) is 21.9 Å². The van der Waals surface area contributed by atoms with E-state index >= 15 is 0 Å². The predicted molar refractivity (Wildman–Crippen MR) is 95.0 cm³/mol. The van der Waals surface area contributed by atoms with Crippen LogP contribution in [0, 0.1) is 11.8 Å². The van der Waals surface area contributed by atoms with Crippen LogP contribution in [0.3, 0.4) is 0 Å². The molecule has 0 aliphatic heterocycles. The number of nitrogens with zero attached hydrogens (tertiary/aromatic N) is 2. The lowest BCUT2D eigenvalue weighted by Crippen LogP contribution is -2.10. The van der Waals surface area contributed by atoms with Crippen molar-refractivity contribution in [3.63, 3.8) is 0 Å². The summed E-state index contributed by atoms with van der Waals surface area (Å²) in [5.41, 5.74) is 3.14. The van der Waals surface area contributed by atoms with Crippen molar-refractivity contribution in [2.24, 2.45) is 0 Å². The number of carbonyl (C=O) groups excluding carboxylic acids is 1. The second-order valence-corrected chi connectivity index (χ2v) is 5.76. The first-order chi connectivity index (χ1) is 11.6. The molecule has 0 aliphatic rings. The minimum absolute atomic E-state index is 0.314. The highest BCUT2D eigenvalue weighted by Gasteiger charge is 2.12. The molecule has 5 nitrogen and oxygen atoms in total. The Bertz CT molecular complexity index is 961. The molecule has 3 rings (SSSR count). The van der Waals surface area contributed by atoms with Crippen molar-refractivity contribution in [1.29, 1.82) is 0 Å². The van der Waals surface area contributed by atoms with Gasteiger partial charge in [0.2, 0.25) is 0 Å². The van der Waals surface area contributed by atoms with Crippen LogP contribution in [0.25, 0.3) is 21.8 Å². The molecule has 3 aromatic rings. The molecular weight excluding hydrogens is 302 g/mol. The third-order valence-corrected chi connectivity index (χ3v) is 3.60. The SMILES string of the molecule is CCOC(=O)c1cc2c(cn1)[nH]c1ccc(C#CCN(C)C)cc12. The van der Waals surface area contributed by atoms with Crippen molar-refractivity contribution in [3.8, 4) is 11.8 Å². The zero-order chi connectivity index (χ0) is 17.1. The number of esters is 1. The Balaban J connectivity index is 2.05. The lowest BCUT2D eigenvalue weighted by atomic mass is 10.1. The van der Waals surface area contributed by atoms with Gasteiger partial charge in [-0.25, -0.2) is 9.78 Å². The standard InChI is InChI=1S/C19H19N3O2/c1-4-24-19(23)17-11-15-14-10-13(6-5-9-22(2)3)7-8-16(14)21-18(15)12-20-17/h7-8,10-12,21H,4,9H2,1-3H3. The lowest BCUT2D eigenvalue weighted by molar-refractivity contribution is 0.0520. The van der Waals surface area contributed by atoms with Crippen molar-refractivity contribution in [1.82, 2.24) is 14.9 Å². The molecule has 1 N–H and O–H groups in total. The Kier molecular flexibility index (Phi) is 4.50. The smallest absolute Gasteiger partial charge is 0.356 e. The van der Waals surface area contributed by atoms with Crippen LogP contribution in [-0.2, 0) is 4.74 Å². The summed E-state index contributed by atoms with van der Waals surface area (Å²) in [4.78, 5) is 21.4. The van der Waals surface area contributed by atoms with Crippen molar-refractivity contribution < 1.29 is 9.53 Å². The summed E-state index contributed by atoms with van der Waals surface area (Å²) in [6.07, 6.45) is 1.67. The van der Waals surface area contributed by atoms with E-state index in [-0.39, 0.29) is 0 Å². The third kappa shape index (κ3) is 3.24. The number of hydrogen-bond acceptors (Lipinski definition) is 4. The van der Waals surface area contributed by atoms with E-state index in [9.17, 15) is 4.79 Å². The summed E-state index contributed by atoms with van der Waals surface area (Å²) in [6.45, 7) is 2.82. The van der Waals surface area contributed by atoms with Gasteiger partial charge in [0.25, 0.3) is 0 Å². The monoisotopic (exact) mass is 321 g/mol. The molecule has 0 bridgehead atoms. The largest absolute Gasteiger partial charge is 0.461 e. The van der Waals surface area contributed by atoms with Crippen LogP contribution >= 0.6 is 0 Å². The molecule has 0 saturated carbocycles. The molecular formula is C19H19N3O2. The van der Waals surface area contributed by atoms with Crippen LogP contribution < -0.4 is 0 Å². The molecule has 0 amide bonds. The van der Waals surface area contributed by atoms with Crippen LogP contribution in [-0.4, -0.2) is 48.1 Å². The van der Waals surface area contributed by atoms with Crippen LogP contribution in [0.4, 0.5) is 0 Å². The number of benzene rings is 1. The van der Waals surface area contributed by atoms with Crippen LogP contribution in [0.15, 0.2) is 30.5 Å². The van der Waals surface area contributed by atoms with Crippen LogP contribution in [0.5, 0.6) is 0 Å². The van der Waals surface area contributed by atoms with E-state index in [0.29, 0.717) is 18.8 Å². The maximum absolute atomic E-state index is 11.9. The first kappa shape index (κ1) is 16.0. The molecule has 1 aromatic carbocycles.